The molecule has 0 saturated carbocycles. The Morgan fingerprint density at radius 3 is 1.35 bits per heavy atom. The van der Waals surface area contributed by atoms with E-state index in [2.05, 4.69) is 41.6 Å². The van der Waals surface area contributed by atoms with Gasteiger partial charge in [-0.05, 0) is 16.7 Å². The summed E-state index contributed by atoms with van der Waals surface area (Å²) in [7, 11) is 0. The van der Waals surface area contributed by atoms with Crippen LogP contribution in [-0.4, -0.2) is 5.16 Å². The third kappa shape index (κ3) is 3.11. The van der Waals surface area contributed by atoms with Crippen LogP contribution in [0.25, 0.3) is 11.3 Å². The Morgan fingerprint density at radius 2 is 0.935 bits per heavy atom. The number of benzene rings is 4. The number of nitrogens with zero attached hydrogens (tertiary/aromatic N) is 1. The largest absolute Gasteiger partial charge is 0.544 e. The van der Waals surface area contributed by atoms with Crippen LogP contribution >= 0.6 is 0 Å². The Morgan fingerprint density at radius 1 is 0.548 bits per heavy atom. The normalized spacial score (nSPS) is 11.4. The molecule has 5 aromatic rings. The third-order valence-electron chi connectivity index (χ3n) is 5.70. The van der Waals surface area contributed by atoms with Gasteiger partial charge in [0.15, 0.2) is 0 Å². The zero-order valence-corrected chi connectivity index (χ0v) is 16.8. The van der Waals surface area contributed by atoms with E-state index in [9.17, 15) is 5.11 Å². The van der Waals surface area contributed by atoms with Gasteiger partial charge < -0.3 is 9.63 Å². The predicted molar refractivity (Wildman–Crippen MR) is 120 cm³/mol. The first-order valence-electron chi connectivity index (χ1n) is 10.2. The summed E-state index contributed by atoms with van der Waals surface area (Å²) in [6.07, 6.45) is 0. The van der Waals surface area contributed by atoms with Crippen molar-refractivity contribution in [1.82, 2.24) is 5.16 Å². The van der Waals surface area contributed by atoms with Gasteiger partial charge in [0.1, 0.15) is 0 Å². The van der Waals surface area contributed by atoms with E-state index in [0.717, 1.165) is 22.3 Å². The van der Waals surface area contributed by atoms with Crippen molar-refractivity contribution in [3.05, 3.63) is 144 Å². The van der Waals surface area contributed by atoms with Crippen molar-refractivity contribution in [1.29, 1.82) is 0 Å². The second-order valence-electron chi connectivity index (χ2n) is 7.41. The summed E-state index contributed by atoms with van der Waals surface area (Å²) in [5, 5.41) is 17.6. The van der Waals surface area contributed by atoms with Crippen molar-refractivity contribution in [2.45, 2.75) is 5.41 Å². The van der Waals surface area contributed by atoms with Gasteiger partial charge in [0.25, 0.3) is 0 Å². The standard InChI is InChI=1S/C28H21NO2/c30-27-25(26(29-31-27)21-13-5-1-6-14-21)28(22-15-7-2-8-16-22,23-17-9-3-10-18-23)24-19-11-4-12-20-24/h1-20,30H/p-1. The SMILES string of the molecule is [O-]c1onc(-c2ccccc2)c1C(c1ccccc1)(c1ccccc1)c1ccccc1. The van der Waals surface area contributed by atoms with Crippen LogP contribution in [-0.2, 0) is 5.41 Å². The lowest BCUT2D eigenvalue weighted by atomic mass is 9.64. The van der Waals surface area contributed by atoms with Crippen LogP contribution in [0, 0.1) is 0 Å². The minimum Gasteiger partial charge on any atom is -0.544 e. The molecular weight excluding hydrogens is 382 g/mol. The number of aromatic nitrogens is 1. The van der Waals surface area contributed by atoms with Crippen LogP contribution in [0.5, 0.6) is 5.95 Å². The highest BCUT2D eigenvalue weighted by molar-refractivity contribution is 5.73. The molecular formula is C28H20NO2-. The molecule has 0 fully saturated rings. The molecule has 1 heterocycles. The van der Waals surface area contributed by atoms with Crippen LogP contribution in [0.15, 0.2) is 126 Å². The highest BCUT2D eigenvalue weighted by Crippen LogP contribution is 2.50. The van der Waals surface area contributed by atoms with Crippen LogP contribution in [0.2, 0.25) is 0 Å². The van der Waals surface area contributed by atoms with Gasteiger partial charge in [-0.15, -0.1) is 0 Å². The molecule has 0 unspecified atom stereocenters. The van der Waals surface area contributed by atoms with Crippen molar-refractivity contribution >= 4 is 0 Å². The molecule has 4 aromatic carbocycles. The molecule has 0 saturated heterocycles. The smallest absolute Gasteiger partial charge is 0.0903 e. The molecule has 3 nitrogen and oxygen atoms in total. The lowest BCUT2D eigenvalue weighted by Gasteiger charge is -2.37. The Balaban J connectivity index is 1.95. The third-order valence-corrected chi connectivity index (χ3v) is 5.70. The van der Waals surface area contributed by atoms with Crippen LogP contribution in [0.3, 0.4) is 0 Å². The highest BCUT2D eigenvalue weighted by atomic mass is 16.5. The van der Waals surface area contributed by atoms with Gasteiger partial charge in [0.2, 0.25) is 0 Å². The Hall–Kier alpha value is -4.11. The first-order chi connectivity index (χ1) is 15.3. The van der Waals surface area contributed by atoms with Crippen molar-refractivity contribution in [3.8, 4) is 17.2 Å². The van der Waals surface area contributed by atoms with Crippen LogP contribution < -0.4 is 5.11 Å². The maximum Gasteiger partial charge on any atom is 0.0903 e. The molecule has 150 valence electrons. The maximum absolute atomic E-state index is 13.4. The second-order valence-corrected chi connectivity index (χ2v) is 7.41. The van der Waals surface area contributed by atoms with Crippen molar-refractivity contribution in [2.75, 3.05) is 0 Å². The molecule has 5 rings (SSSR count). The van der Waals surface area contributed by atoms with Crippen molar-refractivity contribution < 1.29 is 9.63 Å². The zero-order chi connectivity index (χ0) is 21.1. The van der Waals surface area contributed by atoms with E-state index in [1.54, 1.807) is 0 Å². The average Bonchev–Trinajstić information content (AvgIpc) is 3.24. The Bertz CT molecular complexity index is 1170. The van der Waals surface area contributed by atoms with Gasteiger partial charge in [-0.3, -0.25) is 0 Å². The summed E-state index contributed by atoms with van der Waals surface area (Å²) in [6.45, 7) is 0. The van der Waals surface area contributed by atoms with E-state index in [0.29, 0.717) is 11.3 Å². The quantitative estimate of drug-likeness (QED) is 0.349. The van der Waals surface area contributed by atoms with Gasteiger partial charge in [-0.1, -0.05) is 121 Å². The Labute approximate surface area is 181 Å². The molecule has 0 aliphatic heterocycles. The fourth-order valence-corrected chi connectivity index (χ4v) is 4.40. The minimum atomic E-state index is -0.883. The molecule has 0 atom stereocenters. The first-order valence-corrected chi connectivity index (χ1v) is 10.2. The van der Waals surface area contributed by atoms with Gasteiger partial charge in [-0.25, -0.2) is 0 Å². The van der Waals surface area contributed by atoms with Gasteiger partial charge in [0, 0.05) is 11.1 Å². The van der Waals surface area contributed by atoms with Gasteiger partial charge >= 0.3 is 0 Å². The van der Waals surface area contributed by atoms with Crippen molar-refractivity contribution in [2.24, 2.45) is 0 Å². The lowest BCUT2D eigenvalue weighted by molar-refractivity contribution is -0.298. The molecule has 0 spiro atoms. The maximum atomic E-state index is 13.4. The van der Waals surface area contributed by atoms with Crippen molar-refractivity contribution in [3.63, 3.8) is 0 Å². The summed E-state index contributed by atoms with van der Waals surface area (Å²) < 4.78 is 5.31. The molecule has 0 aliphatic carbocycles. The number of hydrogen-bond donors (Lipinski definition) is 0. The molecule has 0 aliphatic rings. The van der Waals surface area contributed by atoms with Crippen LogP contribution in [0.1, 0.15) is 22.3 Å². The summed E-state index contributed by atoms with van der Waals surface area (Å²) in [5.74, 6) is -0.435. The molecule has 0 N–H and O–H groups in total. The van der Waals surface area contributed by atoms with Gasteiger partial charge in [0.05, 0.1) is 17.1 Å². The average molecular weight is 402 g/mol. The summed E-state index contributed by atoms with van der Waals surface area (Å²) in [4.78, 5) is 0. The van der Waals surface area contributed by atoms with E-state index >= 15 is 0 Å². The van der Waals surface area contributed by atoms with E-state index in [1.807, 2.05) is 84.9 Å². The highest BCUT2D eigenvalue weighted by Gasteiger charge is 2.42. The minimum absolute atomic E-state index is 0.435. The van der Waals surface area contributed by atoms with E-state index in [1.165, 1.54) is 0 Å². The fourth-order valence-electron chi connectivity index (χ4n) is 4.40. The summed E-state index contributed by atoms with van der Waals surface area (Å²) in [6, 6.07) is 40.0. The van der Waals surface area contributed by atoms with E-state index in [4.69, 9.17) is 4.52 Å². The molecule has 31 heavy (non-hydrogen) atoms. The first kappa shape index (κ1) is 18.9. The monoisotopic (exact) mass is 402 g/mol. The molecule has 0 radical (unpaired) electrons. The topological polar surface area (TPSA) is 49.1 Å². The second kappa shape index (κ2) is 7.96. The molecule has 0 amide bonds. The summed E-state index contributed by atoms with van der Waals surface area (Å²) in [5.41, 5.74) is 3.96. The van der Waals surface area contributed by atoms with E-state index < -0.39 is 11.4 Å². The van der Waals surface area contributed by atoms with Gasteiger partial charge in [-0.2, -0.15) is 5.16 Å². The predicted octanol–water partition coefficient (Wildman–Crippen LogP) is 5.80. The Kier molecular flexibility index (Phi) is 4.85. The zero-order valence-electron chi connectivity index (χ0n) is 16.8. The number of hydrogen-bond acceptors (Lipinski definition) is 3. The van der Waals surface area contributed by atoms with Crippen LogP contribution in [0.4, 0.5) is 0 Å². The molecule has 3 heteroatoms. The molecule has 1 aromatic heterocycles. The molecule has 0 bridgehead atoms. The number of rotatable bonds is 5. The lowest BCUT2D eigenvalue weighted by Crippen LogP contribution is -2.32. The summed E-state index contributed by atoms with van der Waals surface area (Å²) >= 11 is 0. The fraction of sp³-hybridized carbons (Fsp3) is 0.0357. The van der Waals surface area contributed by atoms with E-state index in [-0.39, 0.29) is 0 Å².